The zero-order chi connectivity index (χ0) is 17.4. The number of para-hydroxylation sites is 1. The monoisotopic (exact) mass is 324 g/mol. The lowest BCUT2D eigenvalue weighted by Gasteiger charge is -2.08. The maximum Gasteiger partial charge on any atom is 0.354 e. The van der Waals surface area contributed by atoms with E-state index in [2.05, 4.69) is 0 Å². The van der Waals surface area contributed by atoms with Crippen molar-refractivity contribution >= 4 is 16.9 Å². The zero-order valence-corrected chi connectivity index (χ0v) is 13.0. The highest BCUT2D eigenvalue weighted by molar-refractivity contribution is 5.97. The summed E-state index contributed by atoms with van der Waals surface area (Å²) < 4.78 is 10.2. The lowest BCUT2D eigenvalue weighted by molar-refractivity contribution is 0.0688. The summed E-state index contributed by atoms with van der Waals surface area (Å²) in [6.07, 6.45) is 0.134. The normalized spacial score (nSPS) is 11.5. The van der Waals surface area contributed by atoms with Crippen LogP contribution in [0.25, 0.3) is 11.0 Å². The van der Waals surface area contributed by atoms with Crippen LogP contribution in [0.3, 0.4) is 0 Å². The van der Waals surface area contributed by atoms with Gasteiger partial charge in [-0.05, 0) is 32.4 Å². The first kappa shape index (κ1) is 18.7. The summed E-state index contributed by atoms with van der Waals surface area (Å²) in [7, 11) is 0. The first-order chi connectivity index (χ1) is 10.9. The van der Waals surface area contributed by atoms with Crippen LogP contribution in [0, 0.1) is 0 Å². The predicted octanol–water partition coefficient (Wildman–Crippen LogP) is 1.64. The molecule has 2 rings (SSSR count). The Hall–Kier alpha value is -2.38. The second-order valence-corrected chi connectivity index (χ2v) is 4.69. The number of rotatable bonds is 5. The molecule has 1 heterocycles. The van der Waals surface area contributed by atoms with Crippen LogP contribution in [-0.4, -0.2) is 40.6 Å². The van der Waals surface area contributed by atoms with Crippen molar-refractivity contribution in [3.63, 3.8) is 0 Å². The summed E-state index contributed by atoms with van der Waals surface area (Å²) in [4.78, 5) is 22.6. The first-order valence-electron chi connectivity index (χ1n) is 7.13. The number of aliphatic hydroxyl groups excluding tert-OH is 2. The Labute approximate surface area is 132 Å². The number of hydrogen-bond donors (Lipinski definition) is 3. The highest BCUT2D eigenvalue weighted by Crippen LogP contribution is 2.27. The molecule has 126 valence electrons. The van der Waals surface area contributed by atoms with E-state index in [1.165, 1.54) is 0 Å². The maximum absolute atomic E-state index is 11.5. The predicted molar refractivity (Wildman–Crippen MR) is 84.0 cm³/mol. The average Bonchev–Trinajstić information content (AvgIpc) is 2.47. The summed E-state index contributed by atoms with van der Waals surface area (Å²) in [6.45, 7) is 3.72. The van der Waals surface area contributed by atoms with E-state index in [-0.39, 0.29) is 25.1 Å². The summed E-state index contributed by atoms with van der Waals surface area (Å²) >= 11 is 0. The van der Waals surface area contributed by atoms with Gasteiger partial charge in [-0.1, -0.05) is 12.1 Å². The van der Waals surface area contributed by atoms with Crippen LogP contribution in [0.4, 0.5) is 0 Å². The zero-order valence-electron chi connectivity index (χ0n) is 13.0. The summed E-state index contributed by atoms with van der Waals surface area (Å²) in [5.41, 5.74) is -1.06. The molecule has 1 unspecified atom stereocenters. The third kappa shape index (κ3) is 5.08. The number of aliphatic hydroxyl groups is 2. The van der Waals surface area contributed by atoms with Crippen LogP contribution in [-0.2, 0) is 0 Å². The SMILES string of the molecule is CC(O)CCO.CCOc1c(C(=O)O)c(=O)oc2ccccc12. The van der Waals surface area contributed by atoms with Crippen molar-refractivity contribution in [1.82, 2.24) is 0 Å². The second kappa shape index (κ2) is 8.92. The topological polar surface area (TPSA) is 117 Å². The molecule has 0 aliphatic heterocycles. The van der Waals surface area contributed by atoms with Gasteiger partial charge in [-0.15, -0.1) is 0 Å². The molecule has 0 bridgehead atoms. The fourth-order valence-corrected chi connectivity index (χ4v) is 1.79. The molecule has 2 aromatic rings. The van der Waals surface area contributed by atoms with Gasteiger partial charge in [0.2, 0.25) is 0 Å². The Balaban J connectivity index is 0.000000379. The van der Waals surface area contributed by atoms with Crippen LogP contribution in [0.5, 0.6) is 5.75 Å². The molecule has 3 N–H and O–H groups in total. The van der Waals surface area contributed by atoms with Gasteiger partial charge in [0, 0.05) is 6.61 Å². The fraction of sp³-hybridized carbons (Fsp3) is 0.375. The van der Waals surface area contributed by atoms with Crippen molar-refractivity contribution in [3.05, 3.63) is 40.2 Å². The van der Waals surface area contributed by atoms with Crippen molar-refractivity contribution in [2.24, 2.45) is 0 Å². The number of carboxylic acids is 1. The number of carbonyl (C=O) groups is 1. The molecule has 0 saturated heterocycles. The lowest BCUT2D eigenvalue weighted by Crippen LogP contribution is -2.16. The first-order valence-corrected chi connectivity index (χ1v) is 7.13. The molecule has 0 fully saturated rings. The molecule has 0 saturated carbocycles. The molecule has 0 aliphatic rings. The minimum atomic E-state index is -1.35. The number of benzene rings is 1. The van der Waals surface area contributed by atoms with Gasteiger partial charge in [0.1, 0.15) is 5.58 Å². The van der Waals surface area contributed by atoms with E-state index in [1.54, 1.807) is 38.1 Å². The molecular weight excluding hydrogens is 304 g/mol. The van der Waals surface area contributed by atoms with E-state index >= 15 is 0 Å². The smallest absolute Gasteiger partial charge is 0.354 e. The van der Waals surface area contributed by atoms with Gasteiger partial charge < -0.3 is 24.5 Å². The Morgan fingerprint density at radius 2 is 2.00 bits per heavy atom. The van der Waals surface area contributed by atoms with E-state index in [4.69, 9.17) is 24.5 Å². The molecule has 0 amide bonds. The second-order valence-electron chi connectivity index (χ2n) is 4.69. The molecular formula is C16H20O7. The number of fused-ring (bicyclic) bond motifs is 1. The van der Waals surface area contributed by atoms with E-state index in [1.807, 2.05) is 0 Å². The molecule has 0 radical (unpaired) electrons. The molecule has 0 aliphatic carbocycles. The van der Waals surface area contributed by atoms with E-state index in [0.29, 0.717) is 17.4 Å². The van der Waals surface area contributed by atoms with Gasteiger partial charge >= 0.3 is 11.6 Å². The molecule has 0 spiro atoms. The summed E-state index contributed by atoms with van der Waals surface area (Å²) in [6, 6.07) is 6.65. The minimum absolute atomic E-state index is 0.0619. The van der Waals surface area contributed by atoms with Crippen molar-refractivity contribution in [2.45, 2.75) is 26.4 Å². The largest absolute Gasteiger partial charge is 0.492 e. The Kier molecular flexibility index (Phi) is 7.24. The minimum Gasteiger partial charge on any atom is -0.492 e. The number of ether oxygens (including phenoxy) is 1. The Morgan fingerprint density at radius 1 is 1.35 bits per heavy atom. The Bertz CT molecular complexity index is 703. The van der Waals surface area contributed by atoms with Gasteiger partial charge in [-0.25, -0.2) is 9.59 Å². The molecule has 7 heteroatoms. The molecule has 1 aromatic carbocycles. The Morgan fingerprint density at radius 3 is 2.48 bits per heavy atom. The molecule has 7 nitrogen and oxygen atoms in total. The average molecular weight is 324 g/mol. The van der Waals surface area contributed by atoms with Gasteiger partial charge in [-0.3, -0.25) is 0 Å². The van der Waals surface area contributed by atoms with Gasteiger partial charge in [-0.2, -0.15) is 0 Å². The quantitative estimate of drug-likeness (QED) is 0.716. The lowest BCUT2D eigenvalue weighted by atomic mass is 10.1. The van der Waals surface area contributed by atoms with Crippen molar-refractivity contribution in [1.29, 1.82) is 0 Å². The van der Waals surface area contributed by atoms with Crippen molar-refractivity contribution in [2.75, 3.05) is 13.2 Å². The van der Waals surface area contributed by atoms with E-state index in [9.17, 15) is 9.59 Å². The maximum atomic E-state index is 11.5. The van der Waals surface area contributed by atoms with Gasteiger partial charge in [0.05, 0.1) is 18.1 Å². The highest BCUT2D eigenvalue weighted by Gasteiger charge is 2.21. The number of aromatic carboxylic acids is 1. The number of carboxylic acid groups (broad SMARTS) is 1. The van der Waals surface area contributed by atoms with Crippen LogP contribution in [0.1, 0.15) is 30.6 Å². The third-order valence-electron chi connectivity index (χ3n) is 2.81. The summed E-state index contributed by atoms with van der Waals surface area (Å²) in [5, 5.41) is 25.9. The van der Waals surface area contributed by atoms with Crippen LogP contribution in [0.2, 0.25) is 0 Å². The standard InChI is InChI=1S/C12H10O5.C4H10O2/c1-2-16-10-7-5-3-4-6-8(7)17-12(15)9(10)11(13)14;1-4(6)2-3-5/h3-6H,2H2,1H3,(H,13,14);4-6H,2-3H2,1H3. The summed E-state index contributed by atoms with van der Waals surface area (Å²) in [5.74, 6) is -1.29. The van der Waals surface area contributed by atoms with Crippen LogP contribution < -0.4 is 10.4 Å². The number of hydrogen-bond acceptors (Lipinski definition) is 6. The van der Waals surface area contributed by atoms with Gasteiger partial charge in [0.15, 0.2) is 11.3 Å². The molecule has 1 atom stereocenters. The van der Waals surface area contributed by atoms with Crippen LogP contribution in [0.15, 0.2) is 33.5 Å². The van der Waals surface area contributed by atoms with E-state index in [0.717, 1.165) is 0 Å². The highest BCUT2D eigenvalue weighted by atomic mass is 16.5. The van der Waals surface area contributed by atoms with E-state index < -0.39 is 17.2 Å². The van der Waals surface area contributed by atoms with Crippen molar-refractivity contribution in [3.8, 4) is 5.75 Å². The fourth-order valence-electron chi connectivity index (χ4n) is 1.79. The molecule has 1 aromatic heterocycles. The van der Waals surface area contributed by atoms with Crippen molar-refractivity contribution < 1.29 is 29.3 Å². The molecule has 23 heavy (non-hydrogen) atoms. The third-order valence-corrected chi connectivity index (χ3v) is 2.81. The van der Waals surface area contributed by atoms with Gasteiger partial charge in [0.25, 0.3) is 0 Å². The van der Waals surface area contributed by atoms with Crippen LogP contribution >= 0.6 is 0 Å².